The van der Waals surface area contributed by atoms with E-state index in [1.54, 1.807) is 26.4 Å². The summed E-state index contributed by atoms with van der Waals surface area (Å²) in [5.74, 6) is 1.28. The highest BCUT2D eigenvalue weighted by atomic mass is 16.5. The summed E-state index contributed by atoms with van der Waals surface area (Å²) in [5.41, 5.74) is 0.897. The first-order chi connectivity index (χ1) is 7.21. The third kappa shape index (κ3) is 3.11. The van der Waals surface area contributed by atoms with Gasteiger partial charge in [0.15, 0.2) is 11.5 Å². The summed E-state index contributed by atoms with van der Waals surface area (Å²) in [6.07, 6.45) is -0.334. The number of rotatable bonds is 5. The molecule has 0 aliphatic carbocycles. The lowest BCUT2D eigenvalue weighted by Gasteiger charge is -2.11. The Morgan fingerprint density at radius 3 is 2.40 bits per heavy atom. The van der Waals surface area contributed by atoms with Crippen molar-refractivity contribution >= 4 is 0 Å². The zero-order valence-electron chi connectivity index (χ0n) is 8.93. The van der Waals surface area contributed by atoms with Crippen LogP contribution in [0.1, 0.15) is 5.56 Å². The van der Waals surface area contributed by atoms with Gasteiger partial charge < -0.3 is 19.7 Å². The summed E-state index contributed by atoms with van der Waals surface area (Å²) in [6.45, 7) is -0.242. The van der Waals surface area contributed by atoms with E-state index < -0.39 is 6.10 Å². The van der Waals surface area contributed by atoms with Gasteiger partial charge in [-0.3, -0.25) is 0 Å². The van der Waals surface area contributed by atoms with Crippen LogP contribution in [-0.4, -0.2) is 37.1 Å². The number of methoxy groups -OCH3 is 2. The normalized spacial score (nSPS) is 12.3. The Morgan fingerprint density at radius 1 is 1.20 bits per heavy atom. The van der Waals surface area contributed by atoms with Gasteiger partial charge in [-0.05, 0) is 17.7 Å². The van der Waals surface area contributed by atoms with Crippen molar-refractivity contribution in [3.8, 4) is 11.5 Å². The van der Waals surface area contributed by atoms with Gasteiger partial charge in [0.25, 0.3) is 0 Å². The molecular formula is C11H16O4. The molecule has 0 aliphatic heterocycles. The van der Waals surface area contributed by atoms with Crippen LogP contribution in [0.25, 0.3) is 0 Å². The van der Waals surface area contributed by atoms with Crippen molar-refractivity contribution in [3.63, 3.8) is 0 Å². The molecule has 1 aromatic carbocycles. The summed E-state index contributed by atoms with van der Waals surface area (Å²) in [4.78, 5) is 0. The van der Waals surface area contributed by atoms with Gasteiger partial charge in [-0.15, -0.1) is 0 Å². The molecule has 1 atom stereocenters. The molecule has 84 valence electrons. The second-order valence-corrected chi connectivity index (χ2v) is 3.23. The van der Waals surface area contributed by atoms with Crippen LogP contribution < -0.4 is 9.47 Å². The predicted octanol–water partition coefficient (Wildman–Crippen LogP) is 0.599. The molecule has 0 heterocycles. The molecule has 0 saturated carbocycles. The van der Waals surface area contributed by atoms with Gasteiger partial charge in [-0.1, -0.05) is 6.07 Å². The fraction of sp³-hybridized carbons (Fsp3) is 0.455. The van der Waals surface area contributed by atoms with Crippen LogP contribution in [0.4, 0.5) is 0 Å². The molecule has 1 aromatic rings. The molecule has 0 spiro atoms. The van der Waals surface area contributed by atoms with Crippen LogP contribution >= 0.6 is 0 Å². The smallest absolute Gasteiger partial charge is 0.160 e. The minimum atomic E-state index is -0.733. The van der Waals surface area contributed by atoms with Crippen molar-refractivity contribution in [2.24, 2.45) is 0 Å². The van der Waals surface area contributed by atoms with E-state index in [-0.39, 0.29) is 6.61 Å². The van der Waals surface area contributed by atoms with Crippen molar-refractivity contribution in [2.45, 2.75) is 12.5 Å². The Morgan fingerprint density at radius 2 is 1.87 bits per heavy atom. The standard InChI is InChI=1S/C11H16O4/c1-14-10-4-3-8(5-9(13)7-12)6-11(10)15-2/h3-4,6,9,12-13H,5,7H2,1-2H3/t9-/m1/s1. The van der Waals surface area contributed by atoms with Crippen molar-refractivity contribution in [2.75, 3.05) is 20.8 Å². The van der Waals surface area contributed by atoms with Gasteiger partial charge in [0.05, 0.1) is 26.9 Å². The molecule has 0 bridgehead atoms. The quantitative estimate of drug-likeness (QED) is 0.750. The zero-order valence-corrected chi connectivity index (χ0v) is 8.93. The number of aliphatic hydroxyl groups excluding tert-OH is 2. The lowest BCUT2D eigenvalue weighted by Crippen LogP contribution is -2.15. The summed E-state index contributed by atoms with van der Waals surface area (Å²) in [6, 6.07) is 5.40. The Hall–Kier alpha value is -1.26. The molecule has 0 unspecified atom stereocenters. The first-order valence-electron chi connectivity index (χ1n) is 4.71. The van der Waals surface area contributed by atoms with E-state index >= 15 is 0 Å². The van der Waals surface area contributed by atoms with E-state index in [0.29, 0.717) is 17.9 Å². The Balaban J connectivity index is 2.83. The molecule has 15 heavy (non-hydrogen) atoms. The van der Waals surface area contributed by atoms with Gasteiger partial charge in [0.1, 0.15) is 0 Å². The molecule has 1 rings (SSSR count). The average Bonchev–Trinajstić information content (AvgIpc) is 2.28. The minimum absolute atomic E-state index is 0.242. The molecule has 4 heteroatoms. The maximum Gasteiger partial charge on any atom is 0.160 e. The van der Waals surface area contributed by atoms with Gasteiger partial charge in [-0.25, -0.2) is 0 Å². The van der Waals surface area contributed by atoms with Gasteiger partial charge in [0, 0.05) is 6.42 Å². The van der Waals surface area contributed by atoms with Crippen LogP contribution in [0.2, 0.25) is 0 Å². The highest BCUT2D eigenvalue weighted by Gasteiger charge is 2.08. The lowest BCUT2D eigenvalue weighted by atomic mass is 10.1. The van der Waals surface area contributed by atoms with Crippen LogP contribution in [-0.2, 0) is 6.42 Å². The Bertz CT molecular complexity index is 311. The fourth-order valence-corrected chi connectivity index (χ4v) is 1.34. The van der Waals surface area contributed by atoms with Crippen LogP contribution in [0.15, 0.2) is 18.2 Å². The Kier molecular flexibility index (Phi) is 4.39. The largest absolute Gasteiger partial charge is 0.493 e. The summed E-state index contributed by atoms with van der Waals surface area (Å²) in [7, 11) is 3.13. The van der Waals surface area contributed by atoms with Crippen molar-refractivity contribution in [1.29, 1.82) is 0 Å². The van der Waals surface area contributed by atoms with Crippen LogP contribution in [0.3, 0.4) is 0 Å². The monoisotopic (exact) mass is 212 g/mol. The minimum Gasteiger partial charge on any atom is -0.493 e. The summed E-state index contributed by atoms with van der Waals surface area (Å²) in [5, 5.41) is 18.0. The van der Waals surface area contributed by atoms with Gasteiger partial charge >= 0.3 is 0 Å². The number of benzene rings is 1. The van der Waals surface area contributed by atoms with E-state index in [2.05, 4.69) is 0 Å². The Labute approximate surface area is 89.1 Å². The van der Waals surface area contributed by atoms with Crippen LogP contribution in [0, 0.1) is 0 Å². The van der Waals surface area contributed by atoms with Crippen molar-refractivity contribution in [3.05, 3.63) is 23.8 Å². The van der Waals surface area contributed by atoms with E-state index in [0.717, 1.165) is 5.56 Å². The predicted molar refractivity (Wildman–Crippen MR) is 56.3 cm³/mol. The van der Waals surface area contributed by atoms with E-state index in [1.165, 1.54) is 0 Å². The molecule has 0 radical (unpaired) electrons. The molecule has 0 fully saturated rings. The van der Waals surface area contributed by atoms with E-state index in [4.69, 9.17) is 14.6 Å². The summed E-state index contributed by atoms with van der Waals surface area (Å²) < 4.78 is 10.2. The van der Waals surface area contributed by atoms with E-state index in [9.17, 15) is 5.11 Å². The van der Waals surface area contributed by atoms with E-state index in [1.807, 2.05) is 6.07 Å². The highest BCUT2D eigenvalue weighted by molar-refractivity contribution is 5.43. The fourth-order valence-electron chi connectivity index (χ4n) is 1.34. The first-order valence-corrected chi connectivity index (χ1v) is 4.71. The highest BCUT2D eigenvalue weighted by Crippen LogP contribution is 2.27. The second-order valence-electron chi connectivity index (χ2n) is 3.23. The maximum atomic E-state index is 9.28. The molecule has 0 aromatic heterocycles. The van der Waals surface area contributed by atoms with Gasteiger partial charge in [-0.2, -0.15) is 0 Å². The number of aliphatic hydroxyl groups is 2. The second kappa shape index (κ2) is 5.58. The zero-order chi connectivity index (χ0) is 11.3. The van der Waals surface area contributed by atoms with Crippen molar-refractivity contribution in [1.82, 2.24) is 0 Å². The third-order valence-corrected chi connectivity index (χ3v) is 2.13. The van der Waals surface area contributed by atoms with Crippen LogP contribution in [0.5, 0.6) is 11.5 Å². The summed E-state index contributed by atoms with van der Waals surface area (Å²) >= 11 is 0. The molecular weight excluding hydrogens is 196 g/mol. The molecule has 0 saturated heterocycles. The lowest BCUT2D eigenvalue weighted by molar-refractivity contribution is 0.0954. The molecule has 0 aliphatic rings. The SMILES string of the molecule is COc1ccc(C[C@@H](O)CO)cc1OC. The van der Waals surface area contributed by atoms with Crippen molar-refractivity contribution < 1.29 is 19.7 Å². The third-order valence-electron chi connectivity index (χ3n) is 2.13. The number of ether oxygens (including phenoxy) is 2. The van der Waals surface area contributed by atoms with Gasteiger partial charge in [0.2, 0.25) is 0 Å². The molecule has 0 amide bonds. The molecule has 2 N–H and O–H groups in total. The number of hydrogen-bond donors (Lipinski definition) is 2. The average molecular weight is 212 g/mol. The topological polar surface area (TPSA) is 58.9 Å². The number of hydrogen-bond acceptors (Lipinski definition) is 4. The maximum absolute atomic E-state index is 9.28. The molecule has 4 nitrogen and oxygen atoms in total. The first kappa shape index (κ1) is 11.8.